The first-order chi connectivity index (χ1) is 11.3. The number of amides is 1. The summed E-state index contributed by atoms with van der Waals surface area (Å²) in [5, 5.41) is 2.78. The molecule has 3 atom stereocenters. The molecule has 7 heteroatoms. The van der Waals surface area contributed by atoms with E-state index in [1.807, 2.05) is 13.8 Å². The van der Waals surface area contributed by atoms with Gasteiger partial charge >= 0.3 is 0 Å². The van der Waals surface area contributed by atoms with Crippen LogP contribution >= 0.6 is 0 Å². The molecule has 0 spiro atoms. The Bertz CT molecular complexity index is 675. The van der Waals surface area contributed by atoms with Gasteiger partial charge in [-0.1, -0.05) is 19.4 Å². The van der Waals surface area contributed by atoms with Crippen molar-refractivity contribution in [2.75, 3.05) is 5.32 Å². The minimum Gasteiger partial charge on any atom is -0.327 e. The van der Waals surface area contributed by atoms with Crippen LogP contribution in [-0.4, -0.2) is 26.4 Å². The molecule has 6 nitrogen and oxygen atoms in total. The predicted octanol–water partition coefficient (Wildman–Crippen LogP) is 2.22. The lowest BCUT2D eigenvalue weighted by Gasteiger charge is -2.15. The van der Waals surface area contributed by atoms with Crippen LogP contribution in [0, 0.1) is 5.92 Å². The average molecular weight is 353 g/mol. The molecule has 0 bridgehead atoms. The molecular formula is C17H27N3O3S. The summed E-state index contributed by atoms with van der Waals surface area (Å²) in [5.74, 6) is 0.0887. The fraction of sp³-hybridized carbons (Fsp3) is 0.588. The maximum atomic E-state index is 12.3. The van der Waals surface area contributed by atoms with Crippen molar-refractivity contribution < 1.29 is 13.2 Å². The van der Waals surface area contributed by atoms with E-state index in [4.69, 9.17) is 5.73 Å². The van der Waals surface area contributed by atoms with Gasteiger partial charge in [0.2, 0.25) is 15.9 Å². The number of nitrogens with two attached hydrogens (primary N) is 1. The summed E-state index contributed by atoms with van der Waals surface area (Å²) in [4.78, 5) is 12.3. The first kappa shape index (κ1) is 18.9. The van der Waals surface area contributed by atoms with Gasteiger partial charge in [-0.25, -0.2) is 13.1 Å². The number of carbonyl (C=O) groups excluding carboxylic acids is 1. The monoisotopic (exact) mass is 353 g/mol. The van der Waals surface area contributed by atoms with Crippen LogP contribution in [0.2, 0.25) is 0 Å². The van der Waals surface area contributed by atoms with Gasteiger partial charge in [0.1, 0.15) is 0 Å². The minimum absolute atomic E-state index is 0.0854. The Morgan fingerprint density at radius 1 is 1.38 bits per heavy atom. The van der Waals surface area contributed by atoms with Crippen LogP contribution < -0.4 is 15.8 Å². The van der Waals surface area contributed by atoms with Crippen molar-refractivity contribution in [3.8, 4) is 0 Å². The van der Waals surface area contributed by atoms with Gasteiger partial charge in [0.25, 0.3) is 0 Å². The molecule has 1 aromatic carbocycles. The Hall–Kier alpha value is -1.44. The molecule has 0 aliphatic heterocycles. The van der Waals surface area contributed by atoms with Crippen molar-refractivity contribution in [1.29, 1.82) is 0 Å². The highest BCUT2D eigenvalue weighted by molar-refractivity contribution is 7.89. The highest BCUT2D eigenvalue weighted by atomic mass is 32.2. The van der Waals surface area contributed by atoms with E-state index in [0.717, 1.165) is 19.3 Å². The number of benzene rings is 1. The summed E-state index contributed by atoms with van der Waals surface area (Å²) in [6.45, 7) is 3.73. The molecule has 1 aromatic rings. The molecule has 2 rings (SSSR count). The topological polar surface area (TPSA) is 101 Å². The third-order valence-corrected chi connectivity index (χ3v) is 6.15. The summed E-state index contributed by atoms with van der Waals surface area (Å²) in [6.07, 6.45) is 4.09. The summed E-state index contributed by atoms with van der Waals surface area (Å²) < 4.78 is 27.3. The first-order valence-corrected chi connectivity index (χ1v) is 9.98. The van der Waals surface area contributed by atoms with Gasteiger partial charge in [0.15, 0.2) is 0 Å². The van der Waals surface area contributed by atoms with Gasteiger partial charge in [-0.2, -0.15) is 0 Å². The number of carbonyl (C=O) groups is 1. The normalized spacial score (nSPS) is 22.3. The lowest BCUT2D eigenvalue weighted by atomic mass is 10.00. The molecule has 0 radical (unpaired) electrons. The highest BCUT2D eigenvalue weighted by Gasteiger charge is 2.26. The maximum absolute atomic E-state index is 12.3. The van der Waals surface area contributed by atoms with Gasteiger partial charge in [0, 0.05) is 24.2 Å². The summed E-state index contributed by atoms with van der Waals surface area (Å²) in [7, 11) is -3.58. The van der Waals surface area contributed by atoms with Crippen molar-refractivity contribution in [1.82, 2.24) is 4.72 Å². The van der Waals surface area contributed by atoms with E-state index in [1.54, 1.807) is 12.1 Å². The van der Waals surface area contributed by atoms with Gasteiger partial charge in [-0.3, -0.25) is 4.79 Å². The maximum Gasteiger partial charge on any atom is 0.240 e. The molecule has 0 aromatic heterocycles. The molecular weight excluding hydrogens is 326 g/mol. The molecule has 1 aliphatic rings. The SMILES string of the molecule is CCC(C)NS(=O)(=O)c1cccc(NC(=O)C[C@@H]2CCC[C@H]2N)c1. The van der Waals surface area contributed by atoms with Gasteiger partial charge in [-0.15, -0.1) is 0 Å². The molecule has 1 unspecified atom stereocenters. The van der Waals surface area contributed by atoms with Crippen molar-refractivity contribution >= 4 is 21.6 Å². The quantitative estimate of drug-likeness (QED) is 0.699. The third kappa shape index (κ3) is 5.03. The third-order valence-electron chi connectivity index (χ3n) is 4.56. The van der Waals surface area contributed by atoms with E-state index in [0.29, 0.717) is 18.5 Å². The van der Waals surface area contributed by atoms with Crippen molar-refractivity contribution in [2.45, 2.75) is 62.9 Å². The second-order valence-corrected chi connectivity index (χ2v) is 8.28. The van der Waals surface area contributed by atoms with Crippen molar-refractivity contribution in [3.63, 3.8) is 0 Å². The molecule has 0 heterocycles. The summed E-state index contributed by atoms with van der Waals surface area (Å²) >= 11 is 0. The highest BCUT2D eigenvalue weighted by Crippen LogP contribution is 2.27. The van der Waals surface area contributed by atoms with Crippen LogP contribution in [0.25, 0.3) is 0 Å². The number of sulfonamides is 1. The number of hydrogen-bond donors (Lipinski definition) is 3. The zero-order valence-electron chi connectivity index (χ0n) is 14.3. The molecule has 1 saturated carbocycles. The molecule has 1 fully saturated rings. The number of nitrogens with one attached hydrogen (secondary N) is 2. The van der Waals surface area contributed by atoms with Gasteiger partial charge in [0.05, 0.1) is 4.90 Å². The first-order valence-electron chi connectivity index (χ1n) is 8.49. The molecule has 1 aliphatic carbocycles. The lowest BCUT2D eigenvalue weighted by Crippen LogP contribution is -2.32. The molecule has 1 amide bonds. The van der Waals surface area contributed by atoms with Crippen LogP contribution in [-0.2, 0) is 14.8 Å². The predicted molar refractivity (Wildman–Crippen MR) is 95.1 cm³/mol. The van der Waals surface area contributed by atoms with Gasteiger partial charge < -0.3 is 11.1 Å². The summed E-state index contributed by atoms with van der Waals surface area (Å²) in [6, 6.07) is 6.26. The second-order valence-electron chi connectivity index (χ2n) is 6.57. The zero-order valence-corrected chi connectivity index (χ0v) is 15.1. The smallest absolute Gasteiger partial charge is 0.240 e. The standard InChI is InChI=1S/C17H27N3O3S/c1-3-12(2)20-24(22,23)15-8-5-7-14(11-15)19-17(21)10-13-6-4-9-16(13)18/h5,7-8,11-13,16,20H,3-4,6,9-10,18H2,1-2H3,(H,19,21)/t12?,13-,16+/m0/s1. The summed E-state index contributed by atoms with van der Waals surface area (Å²) in [5.41, 5.74) is 6.48. The Balaban J connectivity index is 2.03. The lowest BCUT2D eigenvalue weighted by molar-refractivity contribution is -0.117. The van der Waals surface area contributed by atoms with Crippen molar-refractivity contribution in [2.24, 2.45) is 11.7 Å². The van der Waals surface area contributed by atoms with Crippen LogP contribution in [0.15, 0.2) is 29.2 Å². The fourth-order valence-corrected chi connectivity index (χ4v) is 4.30. The number of rotatable bonds is 7. The van der Waals surface area contributed by atoms with E-state index in [-0.39, 0.29) is 28.8 Å². The van der Waals surface area contributed by atoms with Crippen LogP contribution in [0.1, 0.15) is 46.0 Å². The number of anilines is 1. The molecule has 24 heavy (non-hydrogen) atoms. The van der Waals surface area contributed by atoms with Crippen LogP contribution in [0.5, 0.6) is 0 Å². The van der Waals surface area contributed by atoms with E-state index in [2.05, 4.69) is 10.0 Å². The number of hydrogen-bond acceptors (Lipinski definition) is 4. The molecule has 134 valence electrons. The largest absolute Gasteiger partial charge is 0.327 e. The fourth-order valence-electron chi connectivity index (χ4n) is 2.93. The van der Waals surface area contributed by atoms with Gasteiger partial charge in [-0.05, 0) is 50.3 Å². The molecule has 4 N–H and O–H groups in total. The second kappa shape index (κ2) is 8.09. The van der Waals surface area contributed by atoms with E-state index in [1.165, 1.54) is 12.1 Å². The van der Waals surface area contributed by atoms with E-state index in [9.17, 15) is 13.2 Å². The van der Waals surface area contributed by atoms with E-state index < -0.39 is 10.0 Å². The Morgan fingerprint density at radius 2 is 2.12 bits per heavy atom. The Kier molecular flexibility index (Phi) is 6.37. The zero-order chi connectivity index (χ0) is 17.7. The average Bonchev–Trinajstić information content (AvgIpc) is 2.92. The van der Waals surface area contributed by atoms with E-state index >= 15 is 0 Å². The Morgan fingerprint density at radius 3 is 2.75 bits per heavy atom. The van der Waals surface area contributed by atoms with Crippen LogP contribution in [0.3, 0.4) is 0 Å². The minimum atomic E-state index is -3.58. The van der Waals surface area contributed by atoms with Crippen LogP contribution in [0.4, 0.5) is 5.69 Å². The molecule has 0 saturated heterocycles. The Labute approximate surface area is 144 Å². The van der Waals surface area contributed by atoms with Crippen molar-refractivity contribution in [3.05, 3.63) is 24.3 Å².